The Balaban J connectivity index is 2.22. The van der Waals surface area contributed by atoms with Crippen molar-refractivity contribution in [3.05, 3.63) is 29.8 Å². The van der Waals surface area contributed by atoms with Crippen LogP contribution in [0.2, 0.25) is 0 Å². The van der Waals surface area contributed by atoms with Gasteiger partial charge in [0.15, 0.2) is 0 Å². The van der Waals surface area contributed by atoms with Crippen molar-refractivity contribution in [3.63, 3.8) is 0 Å². The number of ether oxygens (including phenoxy) is 2. The number of benzene rings is 1. The molecule has 92 valence electrons. The molecule has 0 spiro atoms. The number of cyclic esters (lactones) is 1. The largest absolute Gasteiger partial charge is 0.492 e. The molecule has 0 N–H and O–H groups in total. The van der Waals surface area contributed by atoms with Gasteiger partial charge in [0.2, 0.25) is 0 Å². The molecule has 3 nitrogen and oxygen atoms in total. The Labute approximate surface area is 115 Å². The maximum Gasteiger partial charge on any atom is 0.306 e. The number of hydrogen-bond donors (Lipinski definition) is 0. The molecular formula is C13H15IO3. The lowest BCUT2D eigenvalue weighted by molar-refractivity contribution is -0.144. The number of carbonyl (C=O) groups excluding carboxylic acids is 1. The summed E-state index contributed by atoms with van der Waals surface area (Å²) in [4.78, 5) is 11.5. The van der Waals surface area contributed by atoms with E-state index in [0.717, 1.165) is 11.3 Å². The smallest absolute Gasteiger partial charge is 0.306 e. The van der Waals surface area contributed by atoms with Crippen LogP contribution in [0.4, 0.5) is 0 Å². The molecule has 0 radical (unpaired) electrons. The number of esters is 1. The standard InChI is InChI=1S/C13H15IO3/c1-13(14)8-16-11-5-3-2-4-10(11)6-7-12(15)17-9-13/h2-5H,6-9H2,1H3. The first-order chi connectivity index (χ1) is 8.07. The number of para-hydroxylation sites is 1. The molecule has 0 aliphatic carbocycles. The van der Waals surface area contributed by atoms with Gasteiger partial charge in [-0.1, -0.05) is 40.8 Å². The van der Waals surface area contributed by atoms with Crippen molar-refractivity contribution in [3.8, 4) is 5.75 Å². The molecule has 0 amide bonds. The zero-order valence-corrected chi connectivity index (χ0v) is 11.9. The van der Waals surface area contributed by atoms with Crippen molar-refractivity contribution in [1.29, 1.82) is 0 Å². The van der Waals surface area contributed by atoms with E-state index in [1.807, 2.05) is 31.2 Å². The fraction of sp³-hybridized carbons (Fsp3) is 0.462. The number of halogens is 1. The molecule has 1 aliphatic heterocycles. The van der Waals surface area contributed by atoms with Crippen LogP contribution in [-0.4, -0.2) is 22.6 Å². The quantitative estimate of drug-likeness (QED) is 0.412. The lowest BCUT2D eigenvalue weighted by atomic mass is 10.1. The first-order valence-corrected chi connectivity index (χ1v) is 6.70. The molecule has 1 atom stereocenters. The molecular weight excluding hydrogens is 331 g/mol. The van der Waals surface area contributed by atoms with Crippen molar-refractivity contribution in [2.75, 3.05) is 13.2 Å². The zero-order valence-electron chi connectivity index (χ0n) is 9.74. The molecule has 4 heteroatoms. The summed E-state index contributed by atoms with van der Waals surface area (Å²) in [5, 5.41) is 0. The average Bonchev–Trinajstić information content (AvgIpc) is 2.32. The summed E-state index contributed by atoms with van der Waals surface area (Å²) in [5.41, 5.74) is 1.07. The first-order valence-electron chi connectivity index (χ1n) is 5.62. The normalized spacial score (nSPS) is 25.4. The Kier molecular flexibility index (Phi) is 3.91. The summed E-state index contributed by atoms with van der Waals surface area (Å²) in [7, 11) is 0. The molecule has 0 aromatic heterocycles. The van der Waals surface area contributed by atoms with E-state index in [1.54, 1.807) is 0 Å². The van der Waals surface area contributed by atoms with Crippen molar-refractivity contribution >= 4 is 28.6 Å². The van der Waals surface area contributed by atoms with Crippen LogP contribution in [0.5, 0.6) is 5.75 Å². The molecule has 17 heavy (non-hydrogen) atoms. The number of carbonyl (C=O) groups is 1. The Hall–Kier alpha value is -0.780. The van der Waals surface area contributed by atoms with Crippen LogP contribution < -0.4 is 4.74 Å². The minimum absolute atomic E-state index is 0.135. The molecule has 2 rings (SSSR count). The second-order valence-corrected chi connectivity index (χ2v) is 7.07. The molecule has 1 aromatic rings. The van der Waals surface area contributed by atoms with Crippen LogP contribution in [0.25, 0.3) is 0 Å². The topological polar surface area (TPSA) is 35.5 Å². The maximum atomic E-state index is 11.5. The second kappa shape index (κ2) is 5.25. The minimum Gasteiger partial charge on any atom is -0.492 e. The summed E-state index contributed by atoms with van der Waals surface area (Å²) < 4.78 is 10.9. The molecule has 0 fully saturated rings. The van der Waals surface area contributed by atoms with Crippen LogP contribution in [0.15, 0.2) is 24.3 Å². The molecule has 0 bridgehead atoms. The fourth-order valence-electron chi connectivity index (χ4n) is 1.66. The number of fused-ring (bicyclic) bond motifs is 1. The summed E-state index contributed by atoms with van der Waals surface area (Å²) in [6, 6.07) is 7.86. The van der Waals surface area contributed by atoms with Gasteiger partial charge in [-0.2, -0.15) is 0 Å². The van der Waals surface area contributed by atoms with E-state index in [4.69, 9.17) is 9.47 Å². The van der Waals surface area contributed by atoms with E-state index in [-0.39, 0.29) is 9.39 Å². The highest BCUT2D eigenvalue weighted by Crippen LogP contribution is 2.26. The predicted molar refractivity (Wildman–Crippen MR) is 73.6 cm³/mol. The number of aryl methyl sites for hydroxylation is 1. The Bertz CT molecular complexity index is 415. The van der Waals surface area contributed by atoms with Gasteiger partial charge in [-0.3, -0.25) is 4.79 Å². The van der Waals surface area contributed by atoms with Crippen LogP contribution in [0.3, 0.4) is 0 Å². The zero-order chi connectivity index (χ0) is 12.3. The van der Waals surface area contributed by atoms with E-state index in [0.29, 0.717) is 26.1 Å². The van der Waals surface area contributed by atoms with Gasteiger partial charge in [0.05, 0.1) is 3.42 Å². The van der Waals surface area contributed by atoms with Crippen LogP contribution in [-0.2, 0) is 16.0 Å². The van der Waals surface area contributed by atoms with Gasteiger partial charge in [0, 0.05) is 6.42 Å². The van der Waals surface area contributed by atoms with Gasteiger partial charge in [-0.25, -0.2) is 0 Å². The molecule has 1 aromatic carbocycles. The molecule has 1 unspecified atom stereocenters. The van der Waals surface area contributed by atoms with E-state index in [2.05, 4.69) is 22.6 Å². The monoisotopic (exact) mass is 346 g/mol. The SMILES string of the molecule is CC1(I)COC(=O)CCc2ccccc2OC1. The van der Waals surface area contributed by atoms with Crippen molar-refractivity contribution in [1.82, 2.24) is 0 Å². The minimum atomic E-state index is -0.183. The third-order valence-electron chi connectivity index (χ3n) is 2.63. The lowest BCUT2D eigenvalue weighted by Crippen LogP contribution is -2.33. The lowest BCUT2D eigenvalue weighted by Gasteiger charge is -2.24. The van der Waals surface area contributed by atoms with Gasteiger partial charge in [-0.05, 0) is 25.0 Å². The number of rotatable bonds is 0. The van der Waals surface area contributed by atoms with Gasteiger partial charge < -0.3 is 9.47 Å². The second-order valence-electron chi connectivity index (χ2n) is 4.47. The summed E-state index contributed by atoms with van der Waals surface area (Å²) in [6.45, 7) is 2.96. The summed E-state index contributed by atoms with van der Waals surface area (Å²) in [5.74, 6) is 0.745. The van der Waals surface area contributed by atoms with E-state index >= 15 is 0 Å². The van der Waals surface area contributed by atoms with Gasteiger partial charge >= 0.3 is 5.97 Å². The van der Waals surface area contributed by atoms with E-state index < -0.39 is 0 Å². The Morgan fingerprint density at radius 2 is 1.88 bits per heavy atom. The molecule has 0 saturated carbocycles. The van der Waals surface area contributed by atoms with E-state index in [1.165, 1.54) is 0 Å². The Morgan fingerprint density at radius 3 is 2.71 bits per heavy atom. The van der Waals surface area contributed by atoms with E-state index in [9.17, 15) is 4.79 Å². The third-order valence-corrected chi connectivity index (χ3v) is 3.26. The summed E-state index contributed by atoms with van der Waals surface area (Å²) >= 11 is 2.27. The summed E-state index contributed by atoms with van der Waals surface area (Å²) in [6.07, 6.45) is 1.08. The Morgan fingerprint density at radius 1 is 1.18 bits per heavy atom. The average molecular weight is 346 g/mol. The number of alkyl halides is 1. The molecule has 1 aliphatic rings. The van der Waals surface area contributed by atoms with Crippen molar-refractivity contribution < 1.29 is 14.3 Å². The highest BCUT2D eigenvalue weighted by Gasteiger charge is 2.25. The van der Waals surface area contributed by atoms with Crippen molar-refractivity contribution in [2.45, 2.75) is 23.2 Å². The fourth-order valence-corrected chi connectivity index (χ4v) is 1.97. The van der Waals surface area contributed by atoms with Gasteiger partial charge in [0.25, 0.3) is 0 Å². The third kappa shape index (κ3) is 3.59. The van der Waals surface area contributed by atoms with Gasteiger partial charge in [0.1, 0.15) is 19.0 Å². The molecule has 1 heterocycles. The van der Waals surface area contributed by atoms with Crippen LogP contribution in [0.1, 0.15) is 18.9 Å². The maximum absolute atomic E-state index is 11.5. The highest BCUT2D eigenvalue weighted by atomic mass is 127. The van der Waals surface area contributed by atoms with Crippen molar-refractivity contribution in [2.24, 2.45) is 0 Å². The first kappa shape index (κ1) is 12.7. The van der Waals surface area contributed by atoms with Crippen LogP contribution in [0, 0.1) is 0 Å². The van der Waals surface area contributed by atoms with Gasteiger partial charge in [-0.15, -0.1) is 0 Å². The number of hydrogen-bond acceptors (Lipinski definition) is 3. The molecule has 0 saturated heterocycles. The predicted octanol–water partition coefficient (Wildman–Crippen LogP) is 2.75. The van der Waals surface area contributed by atoms with Crippen LogP contribution >= 0.6 is 22.6 Å². The highest BCUT2D eigenvalue weighted by molar-refractivity contribution is 14.1.